The van der Waals surface area contributed by atoms with Crippen LogP contribution in [0.3, 0.4) is 0 Å². The Hall–Kier alpha value is -3.93. The van der Waals surface area contributed by atoms with E-state index < -0.39 is 30.1 Å². The average Bonchev–Trinajstić information content (AvgIpc) is 3.36. The molecule has 2 aromatic rings. The molecule has 2 aromatic carbocycles. The summed E-state index contributed by atoms with van der Waals surface area (Å²) < 4.78 is 22.1. The van der Waals surface area contributed by atoms with Gasteiger partial charge in [0.2, 0.25) is 11.8 Å². The molecule has 0 bridgehead atoms. The number of amides is 2. The summed E-state index contributed by atoms with van der Waals surface area (Å²) in [4.78, 5) is 39.8. The minimum Gasteiger partial charge on any atom is -0.497 e. The predicted molar refractivity (Wildman–Crippen MR) is 144 cm³/mol. The molecule has 214 valence electrons. The zero-order valence-electron chi connectivity index (χ0n) is 22.7. The van der Waals surface area contributed by atoms with Gasteiger partial charge in [0, 0.05) is 36.9 Å². The Morgan fingerprint density at radius 1 is 1.15 bits per heavy atom. The molecular formula is C29H34N2O9. The van der Waals surface area contributed by atoms with Crippen LogP contribution in [0.25, 0.3) is 0 Å². The van der Waals surface area contributed by atoms with Gasteiger partial charge >= 0.3 is 0 Å². The Bertz CT molecular complexity index is 1280. The van der Waals surface area contributed by atoms with Crippen molar-refractivity contribution in [3.8, 4) is 17.2 Å². The third-order valence-electron chi connectivity index (χ3n) is 7.13. The smallest absolute Gasteiger partial charge is 0.249 e. The molecule has 1 aliphatic carbocycles. The van der Waals surface area contributed by atoms with Crippen LogP contribution in [0.4, 0.5) is 0 Å². The molecule has 0 saturated carbocycles. The van der Waals surface area contributed by atoms with Crippen LogP contribution in [-0.2, 0) is 20.7 Å². The molecule has 11 heteroatoms. The maximum atomic E-state index is 13.4. The number of fused-ring (bicyclic) bond motifs is 3. The number of benzene rings is 2. The fourth-order valence-electron chi connectivity index (χ4n) is 5.28. The molecule has 0 fully saturated rings. The van der Waals surface area contributed by atoms with Crippen LogP contribution in [-0.4, -0.2) is 99.1 Å². The van der Waals surface area contributed by atoms with Crippen molar-refractivity contribution in [3.05, 3.63) is 64.7 Å². The normalized spacial score (nSPS) is 20.9. The van der Waals surface area contributed by atoms with Crippen molar-refractivity contribution < 1.29 is 43.5 Å². The van der Waals surface area contributed by atoms with Crippen molar-refractivity contribution in [2.45, 2.75) is 30.6 Å². The average molecular weight is 555 g/mol. The van der Waals surface area contributed by atoms with E-state index in [0.29, 0.717) is 41.1 Å². The number of methoxy groups -OCH3 is 3. The molecule has 0 spiro atoms. The van der Waals surface area contributed by atoms with Crippen LogP contribution in [0.1, 0.15) is 27.4 Å². The second-order valence-electron chi connectivity index (χ2n) is 9.52. The molecule has 2 aliphatic rings. The van der Waals surface area contributed by atoms with Gasteiger partial charge in [0.05, 0.1) is 32.8 Å². The largest absolute Gasteiger partial charge is 0.497 e. The number of aliphatic hydroxyl groups is 2. The van der Waals surface area contributed by atoms with Crippen LogP contribution < -0.4 is 19.5 Å². The van der Waals surface area contributed by atoms with Gasteiger partial charge in [-0.2, -0.15) is 0 Å². The number of carbonyl (C=O) groups is 3. The van der Waals surface area contributed by atoms with Gasteiger partial charge in [-0.25, -0.2) is 0 Å². The van der Waals surface area contributed by atoms with Gasteiger partial charge in [-0.15, -0.1) is 0 Å². The molecule has 2 amide bonds. The summed E-state index contributed by atoms with van der Waals surface area (Å²) in [6.45, 7) is -0.280. The Morgan fingerprint density at radius 2 is 1.95 bits per heavy atom. The highest BCUT2D eigenvalue weighted by molar-refractivity contribution is 5.96. The standard InChI is InChI=1S/C29H34N2O9/c1-37-16-24(34)31(9-7-17-5-4-6-19(11-17)38-2)22-14-21(29(36)30-8-10-32)25-20-12-18(15-33)13-23(39-3)27(20)40-28(25)26(22)35/h4-6,11-15,22,25-26,28,32,35H,7-10,16H2,1-3H3,(H,30,36)/t22-,25+,26+,28+/m1/s1. The molecular weight excluding hydrogens is 520 g/mol. The van der Waals surface area contributed by atoms with E-state index in [1.807, 2.05) is 24.3 Å². The number of hydrogen-bond acceptors (Lipinski definition) is 9. The number of ether oxygens (including phenoxy) is 4. The molecule has 1 aliphatic heterocycles. The van der Waals surface area contributed by atoms with E-state index in [9.17, 15) is 24.6 Å². The van der Waals surface area contributed by atoms with Crippen molar-refractivity contribution in [1.82, 2.24) is 10.2 Å². The molecule has 1 heterocycles. The van der Waals surface area contributed by atoms with Gasteiger partial charge in [-0.1, -0.05) is 12.1 Å². The molecule has 3 N–H and O–H groups in total. The molecule has 0 saturated heterocycles. The van der Waals surface area contributed by atoms with E-state index in [1.54, 1.807) is 19.3 Å². The Balaban J connectivity index is 1.76. The van der Waals surface area contributed by atoms with Crippen LogP contribution >= 0.6 is 0 Å². The number of hydrogen-bond donors (Lipinski definition) is 3. The van der Waals surface area contributed by atoms with Gasteiger partial charge in [0.25, 0.3) is 0 Å². The molecule has 0 radical (unpaired) electrons. The lowest BCUT2D eigenvalue weighted by atomic mass is 9.77. The first-order valence-electron chi connectivity index (χ1n) is 12.9. The summed E-state index contributed by atoms with van der Waals surface area (Å²) in [5.41, 5.74) is 2.00. The predicted octanol–water partition coefficient (Wildman–Crippen LogP) is 0.857. The summed E-state index contributed by atoms with van der Waals surface area (Å²) in [5, 5.41) is 23.6. The summed E-state index contributed by atoms with van der Waals surface area (Å²) in [5.74, 6) is -0.328. The minimum atomic E-state index is -1.23. The number of rotatable bonds is 12. The third-order valence-corrected chi connectivity index (χ3v) is 7.13. The van der Waals surface area contributed by atoms with E-state index in [4.69, 9.17) is 18.9 Å². The van der Waals surface area contributed by atoms with Gasteiger partial charge in [0.15, 0.2) is 11.5 Å². The van der Waals surface area contributed by atoms with Gasteiger partial charge < -0.3 is 39.4 Å². The van der Waals surface area contributed by atoms with E-state index in [0.717, 1.165) is 5.56 Å². The summed E-state index contributed by atoms with van der Waals surface area (Å²) in [7, 11) is 4.41. The second-order valence-corrected chi connectivity index (χ2v) is 9.52. The lowest BCUT2D eigenvalue weighted by molar-refractivity contribution is -0.141. The minimum absolute atomic E-state index is 0.00829. The Labute approximate surface area is 232 Å². The molecule has 0 unspecified atom stereocenters. The second kappa shape index (κ2) is 12.9. The van der Waals surface area contributed by atoms with Crippen molar-refractivity contribution in [1.29, 1.82) is 0 Å². The Kier molecular flexibility index (Phi) is 9.41. The fraction of sp³-hybridized carbons (Fsp3) is 0.414. The first-order valence-corrected chi connectivity index (χ1v) is 12.9. The first-order chi connectivity index (χ1) is 19.4. The zero-order chi connectivity index (χ0) is 28.8. The van der Waals surface area contributed by atoms with Crippen LogP contribution in [0.5, 0.6) is 17.2 Å². The van der Waals surface area contributed by atoms with Crippen LogP contribution in [0.15, 0.2) is 48.0 Å². The van der Waals surface area contributed by atoms with Crippen molar-refractivity contribution in [2.24, 2.45) is 0 Å². The van der Waals surface area contributed by atoms with E-state index in [2.05, 4.69) is 5.32 Å². The zero-order valence-corrected chi connectivity index (χ0v) is 22.7. The van der Waals surface area contributed by atoms with Crippen LogP contribution in [0, 0.1) is 0 Å². The van der Waals surface area contributed by atoms with E-state index >= 15 is 0 Å². The van der Waals surface area contributed by atoms with E-state index in [1.165, 1.54) is 25.2 Å². The monoisotopic (exact) mass is 554 g/mol. The quantitative estimate of drug-likeness (QED) is 0.326. The van der Waals surface area contributed by atoms with Crippen molar-refractivity contribution in [3.63, 3.8) is 0 Å². The molecule has 4 atom stereocenters. The highest BCUT2D eigenvalue weighted by atomic mass is 16.5. The van der Waals surface area contributed by atoms with Crippen molar-refractivity contribution >= 4 is 18.1 Å². The lowest BCUT2D eigenvalue weighted by Crippen LogP contribution is -2.56. The molecule has 4 rings (SSSR count). The van der Waals surface area contributed by atoms with Gasteiger partial charge in [0.1, 0.15) is 30.9 Å². The fourth-order valence-corrected chi connectivity index (χ4v) is 5.28. The van der Waals surface area contributed by atoms with Crippen LogP contribution in [0.2, 0.25) is 0 Å². The molecule has 0 aromatic heterocycles. The topological polar surface area (TPSA) is 144 Å². The summed E-state index contributed by atoms with van der Waals surface area (Å²) in [6, 6.07) is 9.63. The maximum absolute atomic E-state index is 13.4. The molecule has 40 heavy (non-hydrogen) atoms. The van der Waals surface area contributed by atoms with E-state index in [-0.39, 0.29) is 37.8 Å². The SMILES string of the molecule is COCC(=O)N(CCc1cccc(OC)c1)[C@@H]1C=C(C(=O)NCCO)[C@@H]2c3cc(C=O)cc(OC)c3O[C@@H]2[C@H]1O. The number of nitrogens with zero attached hydrogens (tertiary/aromatic N) is 1. The lowest BCUT2D eigenvalue weighted by Gasteiger charge is -2.40. The summed E-state index contributed by atoms with van der Waals surface area (Å²) >= 11 is 0. The molecule has 11 nitrogen and oxygen atoms in total. The highest BCUT2D eigenvalue weighted by Crippen LogP contribution is 2.51. The number of aliphatic hydroxyl groups excluding tert-OH is 2. The number of aldehydes is 1. The third kappa shape index (κ3) is 5.81. The van der Waals surface area contributed by atoms with Gasteiger partial charge in [-0.05, 0) is 42.3 Å². The van der Waals surface area contributed by atoms with Gasteiger partial charge in [-0.3, -0.25) is 14.4 Å². The number of nitrogens with one attached hydrogen (secondary N) is 1. The summed E-state index contributed by atoms with van der Waals surface area (Å²) in [6.07, 6.45) is 0.488. The number of carbonyl (C=O) groups excluding carboxylic acids is 3. The highest BCUT2D eigenvalue weighted by Gasteiger charge is 2.51. The Morgan fingerprint density at radius 3 is 2.62 bits per heavy atom. The van der Waals surface area contributed by atoms with Crippen molar-refractivity contribution in [2.75, 3.05) is 47.6 Å². The maximum Gasteiger partial charge on any atom is 0.249 e. The first kappa shape index (κ1) is 29.1.